The lowest BCUT2D eigenvalue weighted by atomic mass is 10.2. The first-order valence-electron chi connectivity index (χ1n) is 5.62. The Bertz CT molecular complexity index is 703. The minimum absolute atomic E-state index is 0.0486. The number of aromatic amines is 1. The van der Waals surface area contributed by atoms with Crippen LogP contribution in [0.5, 0.6) is 0 Å². The fraction of sp³-hybridized carbons (Fsp3) is 0.250. The lowest BCUT2D eigenvalue weighted by Gasteiger charge is -2.09. The van der Waals surface area contributed by atoms with E-state index in [4.69, 9.17) is 0 Å². The van der Waals surface area contributed by atoms with E-state index in [1.807, 2.05) is 0 Å². The highest BCUT2D eigenvalue weighted by molar-refractivity contribution is 7.92. The molecule has 7 heteroatoms. The van der Waals surface area contributed by atoms with Crippen molar-refractivity contribution < 1.29 is 12.8 Å². The van der Waals surface area contributed by atoms with Gasteiger partial charge < -0.3 is 0 Å². The quantitative estimate of drug-likeness (QED) is 0.907. The van der Waals surface area contributed by atoms with Crippen LogP contribution in [0.2, 0.25) is 0 Å². The second-order valence-corrected chi connectivity index (χ2v) is 5.97. The van der Waals surface area contributed by atoms with Crippen molar-refractivity contribution in [2.75, 3.05) is 4.72 Å². The highest BCUT2D eigenvalue weighted by Gasteiger charge is 2.23. The molecule has 19 heavy (non-hydrogen) atoms. The molecule has 0 unspecified atom stereocenters. The first kappa shape index (κ1) is 13.5. The average Bonchev–Trinajstić information content (AvgIpc) is 2.63. The maximum atomic E-state index is 13.7. The molecule has 0 atom stereocenters. The van der Waals surface area contributed by atoms with Gasteiger partial charge in [0.1, 0.15) is 10.7 Å². The second kappa shape index (κ2) is 4.65. The van der Waals surface area contributed by atoms with Crippen LogP contribution in [0.3, 0.4) is 0 Å². The smallest absolute Gasteiger partial charge is 0.265 e. The molecule has 2 rings (SSSR count). The summed E-state index contributed by atoms with van der Waals surface area (Å²) in [6.07, 6.45) is 0. The summed E-state index contributed by atoms with van der Waals surface area (Å²) in [5.74, 6) is -0.609. The third-order valence-electron chi connectivity index (χ3n) is 2.70. The number of hydrogen-bond donors (Lipinski definition) is 2. The van der Waals surface area contributed by atoms with Gasteiger partial charge >= 0.3 is 0 Å². The Balaban J connectivity index is 2.42. The van der Waals surface area contributed by atoms with E-state index >= 15 is 0 Å². The van der Waals surface area contributed by atoms with Gasteiger partial charge in [-0.3, -0.25) is 9.82 Å². The molecule has 0 saturated heterocycles. The Labute approximate surface area is 110 Å². The molecular formula is C12H14FN3O2S. The first-order valence-corrected chi connectivity index (χ1v) is 7.10. The van der Waals surface area contributed by atoms with Crippen LogP contribution in [0.4, 0.5) is 10.1 Å². The van der Waals surface area contributed by atoms with E-state index in [0.29, 0.717) is 11.4 Å². The molecule has 0 aliphatic heterocycles. The SMILES string of the molecule is Cc1ccc(NS(=O)(=O)c2c(C)n[nH]c2C)c(F)c1. The standard InChI is InChI=1S/C12H14FN3O2S/c1-7-4-5-11(10(13)6-7)16-19(17,18)12-8(2)14-15-9(12)3/h4-6,16H,1-3H3,(H,14,15). The van der Waals surface area contributed by atoms with Gasteiger partial charge in [0.2, 0.25) is 0 Å². The van der Waals surface area contributed by atoms with Crippen LogP contribution in [0.25, 0.3) is 0 Å². The van der Waals surface area contributed by atoms with E-state index in [2.05, 4.69) is 14.9 Å². The Hall–Kier alpha value is -1.89. The zero-order valence-electron chi connectivity index (χ0n) is 10.8. The molecule has 0 spiro atoms. The first-order chi connectivity index (χ1) is 8.81. The van der Waals surface area contributed by atoms with Crippen LogP contribution in [0, 0.1) is 26.6 Å². The Morgan fingerprint density at radius 1 is 1.26 bits per heavy atom. The van der Waals surface area contributed by atoms with Crippen LogP contribution < -0.4 is 4.72 Å². The topological polar surface area (TPSA) is 74.8 Å². The van der Waals surface area contributed by atoms with Crippen LogP contribution in [0.1, 0.15) is 17.0 Å². The minimum atomic E-state index is -3.85. The van der Waals surface area contributed by atoms with Crippen molar-refractivity contribution in [2.45, 2.75) is 25.7 Å². The maximum absolute atomic E-state index is 13.7. The zero-order chi connectivity index (χ0) is 14.2. The summed E-state index contributed by atoms with van der Waals surface area (Å²) < 4.78 is 40.3. The lowest BCUT2D eigenvalue weighted by molar-refractivity contribution is 0.597. The molecule has 0 saturated carbocycles. The Kier molecular flexibility index (Phi) is 3.32. The summed E-state index contributed by atoms with van der Waals surface area (Å²) in [6, 6.07) is 4.30. The number of rotatable bonds is 3. The molecule has 5 nitrogen and oxygen atoms in total. The molecule has 2 aromatic rings. The summed E-state index contributed by atoms with van der Waals surface area (Å²) in [6.45, 7) is 4.90. The van der Waals surface area contributed by atoms with Crippen LogP contribution >= 0.6 is 0 Å². The van der Waals surface area contributed by atoms with Crippen LogP contribution in [-0.2, 0) is 10.0 Å². The predicted octanol–water partition coefficient (Wildman–Crippen LogP) is 2.27. The van der Waals surface area contributed by atoms with E-state index in [1.54, 1.807) is 26.8 Å². The van der Waals surface area contributed by atoms with Gasteiger partial charge in [0, 0.05) is 0 Å². The largest absolute Gasteiger partial charge is 0.281 e. The fourth-order valence-corrected chi connectivity index (χ4v) is 3.28. The van der Waals surface area contributed by atoms with Crippen molar-refractivity contribution in [3.8, 4) is 0 Å². The maximum Gasteiger partial charge on any atom is 0.265 e. The number of hydrogen-bond acceptors (Lipinski definition) is 3. The van der Waals surface area contributed by atoms with E-state index in [-0.39, 0.29) is 10.6 Å². The molecule has 1 heterocycles. The molecule has 2 N–H and O–H groups in total. The number of benzene rings is 1. The van der Waals surface area contributed by atoms with Gasteiger partial charge in [-0.1, -0.05) is 6.07 Å². The summed E-state index contributed by atoms with van der Waals surface area (Å²) in [5.41, 5.74) is 1.40. The van der Waals surface area contributed by atoms with Gasteiger partial charge in [-0.25, -0.2) is 12.8 Å². The number of aromatic nitrogens is 2. The molecule has 0 fully saturated rings. The van der Waals surface area contributed by atoms with Crippen molar-refractivity contribution in [1.82, 2.24) is 10.2 Å². The highest BCUT2D eigenvalue weighted by atomic mass is 32.2. The molecule has 1 aromatic carbocycles. The molecule has 1 aromatic heterocycles. The van der Waals surface area contributed by atoms with Gasteiger partial charge in [-0.05, 0) is 38.5 Å². The fourth-order valence-electron chi connectivity index (χ4n) is 1.84. The number of nitrogens with one attached hydrogen (secondary N) is 2. The predicted molar refractivity (Wildman–Crippen MR) is 70.0 cm³/mol. The van der Waals surface area contributed by atoms with Crippen molar-refractivity contribution in [1.29, 1.82) is 0 Å². The lowest BCUT2D eigenvalue weighted by Crippen LogP contribution is -2.15. The highest BCUT2D eigenvalue weighted by Crippen LogP contribution is 2.23. The molecule has 102 valence electrons. The Morgan fingerprint density at radius 2 is 1.95 bits per heavy atom. The molecule has 0 bridgehead atoms. The van der Waals surface area contributed by atoms with Crippen molar-refractivity contribution in [3.63, 3.8) is 0 Å². The Morgan fingerprint density at radius 3 is 2.47 bits per heavy atom. The summed E-state index contributed by atoms with van der Waals surface area (Å²) in [5, 5.41) is 6.41. The molecule has 0 aliphatic rings. The normalized spacial score (nSPS) is 11.6. The number of aryl methyl sites for hydroxylation is 3. The molecule has 0 amide bonds. The average molecular weight is 283 g/mol. The summed E-state index contributed by atoms with van der Waals surface area (Å²) in [4.78, 5) is 0.0486. The van der Waals surface area contributed by atoms with Crippen molar-refractivity contribution in [2.24, 2.45) is 0 Å². The third-order valence-corrected chi connectivity index (χ3v) is 4.33. The molecule has 0 radical (unpaired) electrons. The van der Waals surface area contributed by atoms with Crippen LogP contribution in [-0.4, -0.2) is 18.6 Å². The summed E-state index contributed by atoms with van der Waals surface area (Å²) in [7, 11) is -3.85. The van der Waals surface area contributed by atoms with E-state index in [0.717, 1.165) is 5.56 Å². The summed E-state index contributed by atoms with van der Waals surface area (Å²) >= 11 is 0. The number of anilines is 1. The van der Waals surface area contributed by atoms with E-state index < -0.39 is 15.8 Å². The molecule has 0 aliphatic carbocycles. The number of halogens is 1. The van der Waals surface area contributed by atoms with Gasteiger partial charge in [0.15, 0.2) is 0 Å². The van der Waals surface area contributed by atoms with Gasteiger partial charge in [0.25, 0.3) is 10.0 Å². The van der Waals surface area contributed by atoms with E-state index in [9.17, 15) is 12.8 Å². The zero-order valence-corrected chi connectivity index (χ0v) is 11.6. The van der Waals surface area contributed by atoms with Gasteiger partial charge in [-0.2, -0.15) is 5.10 Å². The number of H-pyrrole nitrogens is 1. The van der Waals surface area contributed by atoms with Gasteiger partial charge in [-0.15, -0.1) is 0 Å². The number of nitrogens with zero attached hydrogens (tertiary/aromatic N) is 1. The van der Waals surface area contributed by atoms with Crippen LogP contribution in [0.15, 0.2) is 23.1 Å². The molecular weight excluding hydrogens is 269 g/mol. The minimum Gasteiger partial charge on any atom is -0.281 e. The van der Waals surface area contributed by atoms with Crippen molar-refractivity contribution >= 4 is 15.7 Å². The van der Waals surface area contributed by atoms with Gasteiger partial charge in [0.05, 0.1) is 17.1 Å². The monoisotopic (exact) mass is 283 g/mol. The van der Waals surface area contributed by atoms with E-state index in [1.165, 1.54) is 12.1 Å². The third kappa shape index (κ3) is 2.60. The number of sulfonamides is 1. The van der Waals surface area contributed by atoms with Crippen molar-refractivity contribution in [3.05, 3.63) is 41.0 Å². The second-order valence-electron chi connectivity index (χ2n) is 4.35.